The molecule has 0 bridgehead atoms. The van der Waals surface area contributed by atoms with Crippen LogP contribution >= 0.6 is 39.1 Å². The Morgan fingerprint density at radius 1 is 1.32 bits per heavy atom. The van der Waals surface area contributed by atoms with Gasteiger partial charge in [0.2, 0.25) is 5.76 Å². The topological polar surface area (TPSA) is 62.5 Å². The molecule has 0 saturated carbocycles. The first-order valence-electron chi connectivity index (χ1n) is 5.17. The molecule has 1 aromatic carbocycles. The number of hydrogen-bond donors (Lipinski definition) is 2. The third kappa shape index (κ3) is 3.05. The van der Waals surface area contributed by atoms with Crippen LogP contribution in [0.2, 0.25) is 10.0 Å². The Balaban J connectivity index is 2.17. The predicted molar refractivity (Wildman–Crippen MR) is 77.2 cm³/mol. The van der Waals surface area contributed by atoms with Crippen LogP contribution in [0.5, 0.6) is 0 Å². The molecule has 7 heteroatoms. The van der Waals surface area contributed by atoms with Crippen molar-refractivity contribution >= 4 is 50.8 Å². The van der Waals surface area contributed by atoms with Crippen molar-refractivity contribution in [2.75, 3.05) is 5.32 Å². The highest BCUT2D eigenvalue weighted by Gasteiger charge is 2.14. The van der Waals surface area contributed by atoms with Gasteiger partial charge in [0.1, 0.15) is 0 Å². The molecule has 2 rings (SSSR count). The van der Waals surface area contributed by atoms with Crippen molar-refractivity contribution in [1.29, 1.82) is 0 Å². The summed E-state index contributed by atoms with van der Waals surface area (Å²) in [6.07, 6.45) is 1.33. The molecule has 19 heavy (non-hydrogen) atoms. The van der Waals surface area contributed by atoms with Gasteiger partial charge in [-0.3, -0.25) is 0 Å². The Morgan fingerprint density at radius 2 is 2.05 bits per heavy atom. The molecule has 0 saturated heterocycles. The molecule has 0 aliphatic rings. The molecule has 0 spiro atoms. The zero-order chi connectivity index (χ0) is 14.0. The van der Waals surface area contributed by atoms with Crippen molar-refractivity contribution in [2.45, 2.75) is 6.54 Å². The fourth-order valence-electron chi connectivity index (χ4n) is 1.52. The Morgan fingerprint density at radius 3 is 2.74 bits per heavy atom. The third-order valence-corrected chi connectivity index (χ3v) is 4.22. The Hall–Kier alpha value is -1.17. The minimum Gasteiger partial charge on any atom is -0.475 e. The van der Waals surface area contributed by atoms with E-state index in [1.54, 1.807) is 18.2 Å². The van der Waals surface area contributed by atoms with Gasteiger partial charge in [0.05, 0.1) is 22.0 Å². The van der Waals surface area contributed by atoms with Gasteiger partial charge in [-0.15, -0.1) is 0 Å². The zero-order valence-electron chi connectivity index (χ0n) is 9.41. The minimum absolute atomic E-state index is 0.0909. The molecular formula is C12H8BrCl2NO3. The first-order chi connectivity index (χ1) is 9.00. The minimum atomic E-state index is -1.11. The van der Waals surface area contributed by atoms with Crippen molar-refractivity contribution in [3.63, 3.8) is 0 Å². The maximum atomic E-state index is 10.9. The van der Waals surface area contributed by atoms with Crippen molar-refractivity contribution in [3.05, 3.63) is 50.3 Å². The molecular weight excluding hydrogens is 357 g/mol. The standard InChI is InChI=1S/C12H8BrCl2NO3/c13-7-1-2-8(10(15)9(7)14)16-5-6-3-4-19-11(6)12(17)18/h1-4,16H,5H2,(H,17,18). The summed E-state index contributed by atoms with van der Waals surface area (Å²) in [5.74, 6) is -1.20. The van der Waals surface area contributed by atoms with E-state index >= 15 is 0 Å². The second kappa shape index (κ2) is 5.86. The number of rotatable bonds is 4. The summed E-state index contributed by atoms with van der Waals surface area (Å²) < 4.78 is 5.58. The number of carboxylic acid groups (broad SMARTS) is 1. The summed E-state index contributed by atoms with van der Waals surface area (Å²) in [7, 11) is 0. The number of carboxylic acids is 1. The van der Waals surface area contributed by atoms with Gasteiger partial charge < -0.3 is 14.8 Å². The van der Waals surface area contributed by atoms with Gasteiger partial charge in [-0.05, 0) is 34.1 Å². The smallest absolute Gasteiger partial charge is 0.372 e. The van der Waals surface area contributed by atoms with Crippen LogP contribution in [0.1, 0.15) is 16.1 Å². The van der Waals surface area contributed by atoms with Gasteiger partial charge in [-0.1, -0.05) is 23.2 Å². The van der Waals surface area contributed by atoms with Gasteiger partial charge in [0.25, 0.3) is 0 Å². The summed E-state index contributed by atoms with van der Waals surface area (Å²) in [5, 5.41) is 12.7. The Labute approximate surface area is 127 Å². The van der Waals surface area contributed by atoms with Crippen LogP contribution in [0.4, 0.5) is 5.69 Å². The highest BCUT2D eigenvalue weighted by atomic mass is 79.9. The van der Waals surface area contributed by atoms with Crippen molar-refractivity contribution in [1.82, 2.24) is 0 Å². The maximum absolute atomic E-state index is 10.9. The van der Waals surface area contributed by atoms with Crippen LogP contribution in [0, 0.1) is 0 Å². The lowest BCUT2D eigenvalue weighted by Gasteiger charge is -2.09. The van der Waals surface area contributed by atoms with E-state index in [-0.39, 0.29) is 12.3 Å². The van der Waals surface area contributed by atoms with E-state index in [0.29, 0.717) is 25.8 Å². The van der Waals surface area contributed by atoms with Crippen LogP contribution in [0.3, 0.4) is 0 Å². The Kier molecular flexibility index (Phi) is 4.39. The van der Waals surface area contributed by atoms with Gasteiger partial charge in [0.15, 0.2) is 0 Å². The number of halogens is 3. The monoisotopic (exact) mass is 363 g/mol. The molecule has 0 aliphatic heterocycles. The first kappa shape index (κ1) is 14.2. The molecule has 1 heterocycles. The molecule has 0 aliphatic carbocycles. The quantitative estimate of drug-likeness (QED) is 0.774. The Bertz CT molecular complexity index is 627. The van der Waals surface area contributed by atoms with E-state index in [4.69, 9.17) is 32.7 Å². The molecule has 0 amide bonds. The van der Waals surface area contributed by atoms with Gasteiger partial charge in [0, 0.05) is 16.6 Å². The fourth-order valence-corrected chi connectivity index (χ4v) is 2.36. The van der Waals surface area contributed by atoms with Crippen molar-refractivity contribution in [2.24, 2.45) is 0 Å². The molecule has 2 aromatic rings. The highest BCUT2D eigenvalue weighted by molar-refractivity contribution is 9.10. The number of anilines is 1. The first-order valence-corrected chi connectivity index (χ1v) is 6.72. The van der Waals surface area contributed by atoms with Gasteiger partial charge in [-0.2, -0.15) is 0 Å². The molecule has 0 radical (unpaired) electrons. The number of aromatic carboxylic acids is 1. The number of nitrogens with one attached hydrogen (secondary N) is 1. The summed E-state index contributed by atoms with van der Waals surface area (Å²) in [6, 6.07) is 5.09. The number of benzene rings is 1. The molecule has 0 fully saturated rings. The van der Waals surface area contributed by atoms with Gasteiger partial charge in [-0.25, -0.2) is 4.79 Å². The van der Waals surface area contributed by atoms with E-state index in [1.165, 1.54) is 6.26 Å². The molecule has 100 valence electrons. The maximum Gasteiger partial charge on any atom is 0.372 e. The molecule has 2 N–H and O–H groups in total. The van der Waals surface area contributed by atoms with Crippen LogP contribution in [0.15, 0.2) is 33.4 Å². The van der Waals surface area contributed by atoms with Crippen molar-refractivity contribution < 1.29 is 14.3 Å². The molecule has 0 unspecified atom stereocenters. The highest BCUT2D eigenvalue weighted by Crippen LogP contribution is 2.36. The van der Waals surface area contributed by atoms with E-state index < -0.39 is 5.97 Å². The van der Waals surface area contributed by atoms with Crippen LogP contribution in [-0.4, -0.2) is 11.1 Å². The summed E-state index contributed by atoms with van der Waals surface area (Å²) in [5.41, 5.74) is 1.15. The second-order valence-corrected chi connectivity index (χ2v) is 5.27. The van der Waals surface area contributed by atoms with E-state index in [9.17, 15) is 4.79 Å². The zero-order valence-corrected chi connectivity index (χ0v) is 12.5. The lowest BCUT2D eigenvalue weighted by atomic mass is 10.2. The normalized spacial score (nSPS) is 10.5. The average Bonchev–Trinajstić information content (AvgIpc) is 2.84. The van der Waals surface area contributed by atoms with E-state index in [1.807, 2.05) is 0 Å². The average molecular weight is 365 g/mol. The van der Waals surface area contributed by atoms with Crippen LogP contribution in [0.25, 0.3) is 0 Å². The second-order valence-electron chi connectivity index (χ2n) is 3.66. The fraction of sp³-hybridized carbons (Fsp3) is 0.0833. The number of carbonyl (C=O) groups is 1. The largest absolute Gasteiger partial charge is 0.475 e. The lowest BCUT2D eigenvalue weighted by Crippen LogP contribution is -2.05. The van der Waals surface area contributed by atoms with Gasteiger partial charge >= 0.3 is 5.97 Å². The molecule has 0 atom stereocenters. The number of furan rings is 1. The third-order valence-electron chi connectivity index (χ3n) is 2.45. The lowest BCUT2D eigenvalue weighted by molar-refractivity contribution is 0.0661. The van der Waals surface area contributed by atoms with Crippen LogP contribution < -0.4 is 5.32 Å². The summed E-state index contributed by atoms with van der Waals surface area (Å²) in [6.45, 7) is 0.274. The van der Waals surface area contributed by atoms with E-state index in [2.05, 4.69) is 21.2 Å². The summed E-state index contributed by atoms with van der Waals surface area (Å²) in [4.78, 5) is 10.9. The molecule has 1 aromatic heterocycles. The predicted octanol–water partition coefficient (Wildman–Crippen LogP) is 4.66. The van der Waals surface area contributed by atoms with Crippen LogP contribution in [-0.2, 0) is 6.54 Å². The SMILES string of the molecule is O=C(O)c1occc1CNc1ccc(Br)c(Cl)c1Cl. The van der Waals surface area contributed by atoms with E-state index in [0.717, 1.165) is 0 Å². The number of hydrogen-bond acceptors (Lipinski definition) is 3. The molecule has 4 nitrogen and oxygen atoms in total. The van der Waals surface area contributed by atoms with Crippen molar-refractivity contribution in [3.8, 4) is 0 Å². The summed E-state index contributed by atoms with van der Waals surface area (Å²) >= 11 is 15.3.